The summed E-state index contributed by atoms with van der Waals surface area (Å²) in [6.45, 7) is 6.36. The van der Waals surface area contributed by atoms with Gasteiger partial charge in [-0.3, -0.25) is 4.79 Å². The minimum Gasteiger partial charge on any atom is -0.497 e. The maximum absolute atomic E-state index is 12.4. The predicted octanol–water partition coefficient (Wildman–Crippen LogP) is 4.61. The van der Waals surface area contributed by atoms with Crippen LogP contribution < -0.4 is 10.1 Å². The summed E-state index contributed by atoms with van der Waals surface area (Å²) in [7, 11) is 1.61. The zero-order valence-electron chi connectivity index (χ0n) is 16.7. The van der Waals surface area contributed by atoms with Gasteiger partial charge in [0.1, 0.15) is 5.75 Å². The quantitative estimate of drug-likeness (QED) is 0.676. The van der Waals surface area contributed by atoms with Crippen LogP contribution in [0.1, 0.15) is 38.6 Å². The van der Waals surface area contributed by atoms with E-state index in [1.807, 2.05) is 48.5 Å². The summed E-state index contributed by atoms with van der Waals surface area (Å²) < 4.78 is 10.9. The Bertz CT molecular complexity index is 957. The summed E-state index contributed by atoms with van der Waals surface area (Å²) in [6, 6.07) is 15.3. The first kappa shape index (κ1) is 19.6. The Labute approximate surface area is 164 Å². The molecule has 0 atom stereocenters. The van der Waals surface area contributed by atoms with Crippen LogP contribution in [-0.4, -0.2) is 23.2 Å². The SMILES string of the molecule is COc1cccc(-c2nnc(CCC(=O)Nc3ccccc3C(C)(C)C)o2)c1. The lowest BCUT2D eigenvalue weighted by Gasteiger charge is -2.22. The van der Waals surface area contributed by atoms with Crippen LogP contribution >= 0.6 is 0 Å². The number of nitrogens with zero attached hydrogens (tertiary/aromatic N) is 2. The number of aromatic nitrogens is 2. The number of hydrogen-bond donors (Lipinski definition) is 1. The maximum atomic E-state index is 12.4. The van der Waals surface area contributed by atoms with Gasteiger partial charge in [-0.15, -0.1) is 10.2 Å². The van der Waals surface area contributed by atoms with Gasteiger partial charge in [0.15, 0.2) is 0 Å². The fourth-order valence-electron chi connectivity index (χ4n) is 2.91. The smallest absolute Gasteiger partial charge is 0.247 e. The van der Waals surface area contributed by atoms with Crippen molar-refractivity contribution in [3.63, 3.8) is 0 Å². The van der Waals surface area contributed by atoms with Crippen molar-refractivity contribution in [3.8, 4) is 17.2 Å². The standard InChI is InChI=1S/C22H25N3O3/c1-22(2,3)17-10-5-6-11-18(17)23-19(26)12-13-20-24-25-21(28-20)15-8-7-9-16(14-15)27-4/h5-11,14H,12-13H2,1-4H3,(H,23,26). The fraction of sp³-hybridized carbons (Fsp3) is 0.318. The van der Waals surface area contributed by atoms with E-state index < -0.39 is 0 Å². The van der Waals surface area contributed by atoms with Gasteiger partial charge < -0.3 is 14.5 Å². The number of methoxy groups -OCH3 is 1. The van der Waals surface area contributed by atoms with E-state index in [1.165, 1.54) is 0 Å². The number of anilines is 1. The van der Waals surface area contributed by atoms with Gasteiger partial charge in [-0.2, -0.15) is 0 Å². The monoisotopic (exact) mass is 379 g/mol. The second-order valence-corrected chi connectivity index (χ2v) is 7.58. The molecule has 0 radical (unpaired) electrons. The summed E-state index contributed by atoms with van der Waals surface area (Å²) in [5.74, 6) is 1.47. The van der Waals surface area contributed by atoms with Crippen molar-refractivity contribution < 1.29 is 13.9 Å². The average Bonchev–Trinajstić information content (AvgIpc) is 3.15. The Morgan fingerprint density at radius 2 is 1.89 bits per heavy atom. The molecule has 0 aliphatic heterocycles. The van der Waals surface area contributed by atoms with E-state index in [-0.39, 0.29) is 17.7 Å². The molecule has 3 rings (SSSR count). The van der Waals surface area contributed by atoms with Crippen LogP contribution in [0.15, 0.2) is 52.9 Å². The largest absolute Gasteiger partial charge is 0.497 e. The lowest BCUT2D eigenvalue weighted by Crippen LogP contribution is -2.18. The molecular formula is C22H25N3O3. The van der Waals surface area contributed by atoms with Gasteiger partial charge in [0, 0.05) is 24.1 Å². The number of para-hydroxylation sites is 1. The van der Waals surface area contributed by atoms with E-state index in [9.17, 15) is 4.79 Å². The Morgan fingerprint density at radius 1 is 1.11 bits per heavy atom. The number of amides is 1. The molecule has 0 bridgehead atoms. The summed E-state index contributed by atoms with van der Waals surface area (Å²) in [5, 5.41) is 11.1. The third kappa shape index (κ3) is 4.76. The van der Waals surface area contributed by atoms with E-state index in [1.54, 1.807) is 7.11 Å². The zero-order chi connectivity index (χ0) is 20.1. The fourth-order valence-corrected chi connectivity index (χ4v) is 2.91. The molecule has 0 aliphatic carbocycles. The minimum atomic E-state index is -0.0853. The summed E-state index contributed by atoms with van der Waals surface area (Å²) in [4.78, 5) is 12.4. The van der Waals surface area contributed by atoms with Gasteiger partial charge in [0.2, 0.25) is 17.7 Å². The van der Waals surface area contributed by atoms with Crippen LogP contribution in [0, 0.1) is 0 Å². The second-order valence-electron chi connectivity index (χ2n) is 7.58. The molecule has 1 N–H and O–H groups in total. The number of benzene rings is 2. The maximum Gasteiger partial charge on any atom is 0.247 e. The summed E-state index contributed by atoms with van der Waals surface area (Å²) in [5.41, 5.74) is 2.66. The molecule has 1 aromatic heterocycles. The number of carbonyl (C=O) groups is 1. The first-order chi connectivity index (χ1) is 13.4. The molecule has 146 valence electrons. The highest BCUT2D eigenvalue weighted by molar-refractivity contribution is 5.91. The lowest BCUT2D eigenvalue weighted by molar-refractivity contribution is -0.116. The van der Waals surface area contributed by atoms with Gasteiger partial charge in [-0.05, 0) is 35.2 Å². The van der Waals surface area contributed by atoms with E-state index in [0.717, 1.165) is 16.8 Å². The molecule has 28 heavy (non-hydrogen) atoms. The zero-order valence-corrected chi connectivity index (χ0v) is 16.7. The number of carbonyl (C=O) groups excluding carboxylic acids is 1. The number of hydrogen-bond acceptors (Lipinski definition) is 5. The molecule has 0 spiro atoms. The Balaban J connectivity index is 1.62. The van der Waals surface area contributed by atoms with E-state index >= 15 is 0 Å². The molecule has 1 amide bonds. The van der Waals surface area contributed by atoms with Crippen LogP contribution in [0.4, 0.5) is 5.69 Å². The highest BCUT2D eigenvalue weighted by Gasteiger charge is 2.19. The minimum absolute atomic E-state index is 0.0536. The topological polar surface area (TPSA) is 77.2 Å². The van der Waals surface area contributed by atoms with E-state index in [2.05, 4.69) is 36.3 Å². The Morgan fingerprint density at radius 3 is 2.64 bits per heavy atom. The van der Waals surface area contributed by atoms with Crippen molar-refractivity contribution in [2.45, 2.75) is 39.0 Å². The highest BCUT2D eigenvalue weighted by atomic mass is 16.5. The van der Waals surface area contributed by atoms with Gasteiger partial charge in [-0.1, -0.05) is 45.0 Å². The molecule has 0 saturated heterocycles. The van der Waals surface area contributed by atoms with Crippen molar-refractivity contribution >= 4 is 11.6 Å². The third-order valence-corrected chi connectivity index (χ3v) is 4.36. The molecule has 6 heteroatoms. The van der Waals surface area contributed by atoms with E-state index in [4.69, 9.17) is 9.15 Å². The highest BCUT2D eigenvalue weighted by Crippen LogP contribution is 2.29. The number of nitrogens with one attached hydrogen (secondary N) is 1. The summed E-state index contributed by atoms with van der Waals surface area (Å²) >= 11 is 0. The number of rotatable bonds is 6. The first-order valence-corrected chi connectivity index (χ1v) is 9.23. The molecule has 0 unspecified atom stereocenters. The Hall–Kier alpha value is -3.15. The van der Waals surface area contributed by atoms with Crippen LogP contribution in [0.2, 0.25) is 0 Å². The lowest BCUT2D eigenvalue weighted by atomic mass is 9.86. The van der Waals surface area contributed by atoms with Crippen molar-refractivity contribution in [2.75, 3.05) is 12.4 Å². The van der Waals surface area contributed by atoms with Crippen LogP contribution in [0.3, 0.4) is 0 Å². The second kappa shape index (κ2) is 8.25. The summed E-state index contributed by atoms with van der Waals surface area (Å²) in [6.07, 6.45) is 0.638. The van der Waals surface area contributed by atoms with Gasteiger partial charge >= 0.3 is 0 Å². The molecule has 6 nitrogen and oxygen atoms in total. The van der Waals surface area contributed by atoms with Crippen LogP contribution in [0.25, 0.3) is 11.5 Å². The average molecular weight is 379 g/mol. The molecule has 2 aromatic carbocycles. The first-order valence-electron chi connectivity index (χ1n) is 9.23. The molecule has 0 aliphatic rings. The van der Waals surface area contributed by atoms with Crippen molar-refractivity contribution in [2.24, 2.45) is 0 Å². The molecule has 0 saturated carbocycles. The predicted molar refractivity (Wildman–Crippen MR) is 108 cm³/mol. The molecule has 3 aromatic rings. The van der Waals surface area contributed by atoms with Gasteiger partial charge in [0.05, 0.1) is 7.11 Å². The van der Waals surface area contributed by atoms with Crippen molar-refractivity contribution in [1.29, 1.82) is 0 Å². The Kier molecular flexibility index (Phi) is 5.78. The van der Waals surface area contributed by atoms with Gasteiger partial charge in [-0.25, -0.2) is 0 Å². The number of ether oxygens (including phenoxy) is 1. The molecule has 0 fully saturated rings. The third-order valence-electron chi connectivity index (χ3n) is 4.36. The normalized spacial score (nSPS) is 11.3. The van der Waals surface area contributed by atoms with Crippen LogP contribution in [-0.2, 0) is 16.6 Å². The van der Waals surface area contributed by atoms with Crippen molar-refractivity contribution in [1.82, 2.24) is 10.2 Å². The van der Waals surface area contributed by atoms with Crippen LogP contribution in [0.5, 0.6) is 5.75 Å². The number of aryl methyl sites for hydroxylation is 1. The van der Waals surface area contributed by atoms with Gasteiger partial charge in [0.25, 0.3) is 0 Å². The van der Waals surface area contributed by atoms with Crippen molar-refractivity contribution in [3.05, 3.63) is 60.0 Å². The van der Waals surface area contributed by atoms with E-state index in [0.29, 0.717) is 24.0 Å². The molecular weight excluding hydrogens is 354 g/mol. The molecule has 1 heterocycles.